The van der Waals surface area contributed by atoms with E-state index in [2.05, 4.69) is 4.90 Å². The summed E-state index contributed by atoms with van der Waals surface area (Å²) in [5, 5.41) is 72.4. The third-order valence-corrected chi connectivity index (χ3v) is 7.67. The molecule has 0 bridgehead atoms. The summed E-state index contributed by atoms with van der Waals surface area (Å²) in [6, 6.07) is 8.05. The summed E-state index contributed by atoms with van der Waals surface area (Å²) in [4.78, 5) is 7.54. The Balaban J connectivity index is 1.57. The molecule has 2 aliphatic heterocycles. The van der Waals surface area contributed by atoms with Crippen LogP contribution in [0.25, 0.3) is 0 Å². The maximum atomic E-state index is 10.6. The Bertz CT molecular complexity index is 883. The number of anilines is 1. The number of aliphatic hydroxyl groups is 7. The lowest BCUT2D eigenvalue weighted by Crippen LogP contribution is -2.64. The van der Waals surface area contributed by atoms with Gasteiger partial charge < -0.3 is 54.9 Å². The Morgan fingerprint density at radius 3 is 1.98 bits per heavy atom. The van der Waals surface area contributed by atoms with Gasteiger partial charge in [0.1, 0.15) is 48.8 Å². The summed E-state index contributed by atoms with van der Waals surface area (Å²) in [5.74, 6) is 0.986. The van der Waals surface area contributed by atoms with E-state index in [9.17, 15) is 35.7 Å². The molecule has 0 unspecified atom stereocenters. The number of nitrogens with zero attached hydrogens (tertiary/aromatic N) is 2. The molecule has 41 heavy (non-hydrogen) atoms. The molecule has 15 heteroatoms. The predicted octanol–water partition coefficient (Wildman–Crippen LogP) is -1.61. The number of benzene rings is 1. The number of halogens is 2. The highest BCUT2D eigenvalue weighted by Gasteiger charge is 2.48. The molecule has 2 heterocycles. The van der Waals surface area contributed by atoms with Crippen LogP contribution < -0.4 is 4.90 Å². The molecule has 2 aliphatic rings. The molecular formula is C26H42Cl2N2O11. The number of hydrogen-bond donors (Lipinski definition) is 7. The van der Waals surface area contributed by atoms with Gasteiger partial charge >= 0.3 is 0 Å². The summed E-state index contributed by atoms with van der Waals surface area (Å²) in [7, 11) is 1.39. The first-order chi connectivity index (χ1) is 19.7. The van der Waals surface area contributed by atoms with Crippen molar-refractivity contribution in [1.29, 1.82) is 0 Å². The van der Waals surface area contributed by atoms with Crippen LogP contribution in [0, 0.1) is 0 Å². The van der Waals surface area contributed by atoms with Crippen molar-refractivity contribution in [2.45, 2.75) is 74.2 Å². The molecule has 0 aliphatic carbocycles. The van der Waals surface area contributed by atoms with Crippen LogP contribution in [0.4, 0.5) is 5.69 Å². The van der Waals surface area contributed by atoms with E-state index in [0.717, 1.165) is 11.3 Å². The van der Waals surface area contributed by atoms with Crippen molar-refractivity contribution in [3.05, 3.63) is 29.8 Å². The van der Waals surface area contributed by atoms with Gasteiger partial charge in [0, 0.05) is 37.1 Å². The fraction of sp³-hybridized carbons (Fsp3) is 0.769. The molecule has 0 amide bonds. The monoisotopic (exact) mass is 628 g/mol. The first-order valence-corrected chi connectivity index (χ1v) is 14.6. The molecule has 1 aromatic rings. The van der Waals surface area contributed by atoms with Crippen molar-refractivity contribution >= 4 is 28.9 Å². The van der Waals surface area contributed by atoms with E-state index in [-0.39, 0.29) is 0 Å². The van der Waals surface area contributed by atoms with Crippen LogP contribution in [-0.2, 0) is 25.5 Å². The topological polar surface area (TPSA) is 185 Å². The SMILES string of the molecule is CON(CCCc1ccc(N(CCCl)CCCl)cc1)[C@@H]1O[C@H](CO[C@@H]2O[C@H](CO)[C@H](O)[C@H](O)[C@H]2O)[C@@H](O)[C@H](O)[C@H]1O. The van der Waals surface area contributed by atoms with Gasteiger partial charge in [-0.3, -0.25) is 4.84 Å². The van der Waals surface area contributed by atoms with Crippen LogP contribution in [0.3, 0.4) is 0 Å². The van der Waals surface area contributed by atoms with Gasteiger partial charge in [0.05, 0.1) is 20.3 Å². The first kappa shape index (κ1) is 34.6. The fourth-order valence-electron chi connectivity index (χ4n) is 4.91. The normalized spacial score (nSPS) is 34.2. The second-order valence-corrected chi connectivity index (χ2v) is 10.8. The summed E-state index contributed by atoms with van der Waals surface area (Å²) in [5.41, 5.74) is 2.10. The average Bonchev–Trinajstić information content (AvgIpc) is 2.98. The molecule has 10 atom stereocenters. The highest BCUT2D eigenvalue weighted by molar-refractivity contribution is 6.18. The number of aliphatic hydroxyl groups excluding tert-OH is 7. The number of hydroxylamine groups is 2. The van der Waals surface area contributed by atoms with Crippen LogP contribution in [0.1, 0.15) is 12.0 Å². The third-order valence-electron chi connectivity index (χ3n) is 7.33. The second kappa shape index (κ2) is 16.8. The van der Waals surface area contributed by atoms with Gasteiger partial charge in [-0.15, -0.1) is 23.2 Å². The number of alkyl halides is 2. The highest BCUT2D eigenvalue weighted by Crippen LogP contribution is 2.27. The lowest BCUT2D eigenvalue weighted by atomic mass is 9.97. The fourth-order valence-corrected chi connectivity index (χ4v) is 5.32. The third kappa shape index (κ3) is 8.83. The zero-order valence-corrected chi connectivity index (χ0v) is 24.4. The van der Waals surface area contributed by atoms with Crippen LogP contribution in [0.2, 0.25) is 0 Å². The number of hydrogen-bond acceptors (Lipinski definition) is 13. The molecular weight excluding hydrogens is 587 g/mol. The number of aryl methyl sites for hydroxylation is 1. The van der Waals surface area contributed by atoms with E-state index >= 15 is 0 Å². The van der Waals surface area contributed by atoms with Gasteiger partial charge in [-0.25, -0.2) is 0 Å². The maximum Gasteiger partial charge on any atom is 0.186 e. The molecule has 2 saturated heterocycles. The van der Waals surface area contributed by atoms with Crippen LogP contribution in [0.15, 0.2) is 24.3 Å². The number of rotatable bonds is 15. The predicted molar refractivity (Wildman–Crippen MR) is 149 cm³/mol. The summed E-state index contributed by atoms with van der Waals surface area (Å²) in [6.07, 6.45) is -13.2. The Morgan fingerprint density at radius 1 is 0.780 bits per heavy atom. The standard InChI is InChI=1S/C26H42Cl2N2O11/c1-38-30(10-2-3-15-4-6-16(7-5-15)29(11-8-27)12-9-28)25-23(36)21(34)20(33)18(40-25)14-39-26-24(37)22(35)19(32)17(13-31)41-26/h4-7,17-26,31-37H,2-3,8-14H2,1H3/t17-,18-,19+,20-,21+,22+,23-,24-,25-,26-/m1/s1. The Labute approximate surface area is 249 Å². The largest absolute Gasteiger partial charge is 0.394 e. The van der Waals surface area contributed by atoms with E-state index in [0.29, 0.717) is 44.2 Å². The van der Waals surface area contributed by atoms with Crippen molar-refractivity contribution in [2.24, 2.45) is 0 Å². The molecule has 13 nitrogen and oxygen atoms in total. The minimum atomic E-state index is -1.65. The van der Waals surface area contributed by atoms with E-state index in [1.54, 1.807) is 0 Å². The van der Waals surface area contributed by atoms with Gasteiger partial charge in [-0.05, 0) is 30.5 Å². The first-order valence-electron chi connectivity index (χ1n) is 13.5. The van der Waals surface area contributed by atoms with Crippen molar-refractivity contribution in [3.63, 3.8) is 0 Å². The Kier molecular flexibility index (Phi) is 14.2. The molecule has 0 radical (unpaired) electrons. The van der Waals surface area contributed by atoms with Crippen LogP contribution in [0.5, 0.6) is 0 Å². The zero-order chi connectivity index (χ0) is 30.1. The molecule has 3 rings (SSSR count). The highest BCUT2D eigenvalue weighted by atomic mass is 35.5. The van der Waals surface area contributed by atoms with Crippen LogP contribution in [-0.4, -0.2) is 154 Å². The van der Waals surface area contributed by atoms with E-state index < -0.39 is 74.6 Å². The zero-order valence-electron chi connectivity index (χ0n) is 22.9. The lowest BCUT2D eigenvalue weighted by Gasteiger charge is -2.45. The van der Waals surface area contributed by atoms with E-state index in [4.69, 9.17) is 42.3 Å². The average molecular weight is 630 g/mol. The van der Waals surface area contributed by atoms with Gasteiger partial charge in [-0.1, -0.05) is 12.1 Å². The molecule has 1 aromatic carbocycles. The molecule has 236 valence electrons. The summed E-state index contributed by atoms with van der Waals surface area (Å²) < 4.78 is 16.6. The molecule has 0 saturated carbocycles. The Hall–Kier alpha value is -0.880. The van der Waals surface area contributed by atoms with Crippen molar-refractivity contribution in [2.75, 3.05) is 56.6 Å². The second-order valence-electron chi connectivity index (χ2n) is 10.0. The van der Waals surface area contributed by atoms with Gasteiger partial charge in [0.2, 0.25) is 0 Å². The minimum Gasteiger partial charge on any atom is -0.394 e. The molecule has 7 N–H and O–H groups in total. The molecule has 2 fully saturated rings. The quantitative estimate of drug-likeness (QED) is 0.0870. The van der Waals surface area contributed by atoms with E-state index in [1.165, 1.54) is 12.2 Å². The van der Waals surface area contributed by atoms with E-state index in [1.807, 2.05) is 24.3 Å². The van der Waals surface area contributed by atoms with Gasteiger partial charge in [-0.2, -0.15) is 5.06 Å². The van der Waals surface area contributed by atoms with Crippen molar-refractivity contribution < 1.29 is 54.8 Å². The van der Waals surface area contributed by atoms with Crippen molar-refractivity contribution in [1.82, 2.24) is 5.06 Å². The summed E-state index contributed by atoms with van der Waals surface area (Å²) >= 11 is 11.8. The van der Waals surface area contributed by atoms with Gasteiger partial charge in [0.15, 0.2) is 12.5 Å². The maximum absolute atomic E-state index is 10.6. The van der Waals surface area contributed by atoms with Gasteiger partial charge in [0.25, 0.3) is 0 Å². The van der Waals surface area contributed by atoms with Crippen LogP contribution >= 0.6 is 23.2 Å². The smallest absolute Gasteiger partial charge is 0.186 e. The molecule has 0 aromatic heterocycles. The Morgan fingerprint density at radius 2 is 1.39 bits per heavy atom. The lowest BCUT2D eigenvalue weighted by molar-refractivity contribution is -0.343. The molecule has 0 spiro atoms. The van der Waals surface area contributed by atoms with Crippen molar-refractivity contribution in [3.8, 4) is 0 Å². The number of ether oxygens (including phenoxy) is 3. The summed E-state index contributed by atoms with van der Waals surface area (Å²) in [6.45, 7) is 0.643. The minimum absolute atomic E-state index is 0.313.